The molecule has 1 aromatic heterocycles. The number of aromatic carboxylic acids is 1. The molecule has 2 rings (SSSR count). The third kappa shape index (κ3) is 3.10. The Balaban J connectivity index is 2.51. The number of benzene rings is 1. The van der Waals surface area contributed by atoms with Crippen LogP contribution in [0, 0.1) is 19.7 Å². The van der Waals surface area contributed by atoms with E-state index in [1.165, 1.54) is 13.0 Å². The minimum Gasteiger partial charge on any atom is -0.478 e. The van der Waals surface area contributed by atoms with Crippen LogP contribution in [-0.2, 0) is 15.6 Å². The van der Waals surface area contributed by atoms with Crippen molar-refractivity contribution in [2.24, 2.45) is 0 Å². The van der Waals surface area contributed by atoms with Crippen molar-refractivity contribution < 1.29 is 27.2 Å². The second-order valence-electron chi connectivity index (χ2n) is 4.57. The maximum absolute atomic E-state index is 13.7. The van der Waals surface area contributed by atoms with E-state index in [1.54, 1.807) is 6.92 Å². The quantitative estimate of drug-likeness (QED) is 0.928. The number of halogens is 1. The first-order valence-electron chi connectivity index (χ1n) is 5.89. The first-order valence-corrected chi connectivity index (χ1v) is 7.54. The molecule has 1 heterocycles. The Hall–Kier alpha value is -2.22. The van der Waals surface area contributed by atoms with Crippen molar-refractivity contribution in [3.05, 3.63) is 46.6 Å². The molecule has 6 nitrogen and oxygen atoms in total. The summed E-state index contributed by atoms with van der Waals surface area (Å²) in [6, 6.07) is 3.18. The maximum Gasteiger partial charge on any atom is 0.335 e. The second-order valence-corrected chi connectivity index (χ2v) is 6.53. The van der Waals surface area contributed by atoms with Crippen molar-refractivity contribution in [3.63, 3.8) is 0 Å². The second kappa shape index (κ2) is 5.28. The van der Waals surface area contributed by atoms with Gasteiger partial charge in [-0.15, -0.1) is 0 Å². The average Bonchev–Trinajstić information content (AvgIpc) is 2.76. The van der Waals surface area contributed by atoms with E-state index < -0.39 is 32.9 Å². The fraction of sp³-hybridized carbons (Fsp3) is 0.231. The van der Waals surface area contributed by atoms with Gasteiger partial charge in [0.05, 0.1) is 16.2 Å². The molecule has 0 unspecified atom stereocenters. The molecule has 1 aromatic carbocycles. The molecular formula is C13H12FNO5S. The third-order valence-electron chi connectivity index (χ3n) is 2.89. The number of hydrogen-bond donors (Lipinski definition) is 1. The van der Waals surface area contributed by atoms with Crippen LogP contribution in [0.3, 0.4) is 0 Å². The number of aryl methyl sites for hydroxylation is 1. The fourth-order valence-corrected chi connectivity index (χ4v) is 3.41. The molecule has 0 amide bonds. The number of nitrogens with zero attached hydrogens (tertiary/aromatic N) is 1. The van der Waals surface area contributed by atoms with Crippen LogP contribution < -0.4 is 0 Å². The summed E-state index contributed by atoms with van der Waals surface area (Å²) in [6.07, 6.45) is 0. The standard InChI is InChI=1S/C13H12FNO5S/c1-7-3-10(15-20-7)6-21(18,19)12-5-9(13(16)17)4-11(14)8(12)2/h3-5H,6H2,1-2H3,(H,16,17). The first-order chi connectivity index (χ1) is 9.70. The Morgan fingerprint density at radius 3 is 2.52 bits per heavy atom. The Bertz CT molecular complexity index is 810. The lowest BCUT2D eigenvalue weighted by Gasteiger charge is -2.08. The van der Waals surface area contributed by atoms with Crippen LogP contribution in [0.25, 0.3) is 0 Å². The van der Waals surface area contributed by atoms with E-state index in [0.29, 0.717) is 5.76 Å². The van der Waals surface area contributed by atoms with Gasteiger partial charge in [-0.3, -0.25) is 0 Å². The number of aromatic nitrogens is 1. The molecule has 0 saturated carbocycles. The third-order valence-corrected chi connectivity index (χ3v) is 4.66. The molecule has 1 N–H and O–H groups in total. The van der Waals surface area contributed by atoms with Crippen LogP contribution in [0.2, 0.25) is 0 Å². The molecular weight excluding hydrogens is 301 g/mol. The molecule has 0 fully saturated rings. The van der Waals surface area contributed by atoms with Gasteiger partial charge < -0.3 is 9.63 Å². The SMILES string of the molecule is Cc1cc(CS(=O)(=O)c2cc(C(=O)O)cc(F)c2C)no1. The Morgan fingerprint density at radius 2 is 2.00 bits per heavy atom. The lowest BCUT2D eigenvalue weighted by atomic mass is 10.1. The summed E-state index contributed by atoms with van der Waals surface area (Å²) in [5.41, 5.74) is -0.374. The highest BCUT2D eigenvalue weighted by molar-refractivity contribution is 7.90. The van der Waals surface area contributed by atoms with Gasteiger partial charge >= 0.3 is 5.97 Å². The summed E-state index contributed by atoms with van der Waals surface area (Å²) in [6.45, 7) is 2.89. The van der Waals surface area contributed by atoms with E-state index in [9.17, 15) is 17.6 Å². The van der Waals surface area contributed by atoms with E-state index >= 15 is 0 Å². The summed E-state index contributed by atoms with van der Waals surface area (Å²) >= 11 is 0. The molecule has 0 spiro atoms. The van der Waals surface area contributed by atoms with E-state index in [0.717, 1.165) is 12.1 Å². The monoisotopic (exact) mass is 313 g/mol. The lowest BCUT2D eigenvalue weighted by molar-refractivity contribution is 0.0696. The molecule has 2 aromatic rings. The zero-order valence-electron chi connectivity index (χ0n) is 11.3. The highest BCUT2D eigenvalue weighted by atomic mass is 32.2. The molecule has 0 saturated heterocycles. The molecule has 0 atom stereocenters. The van der Waals surface area contributed by atoms with Crippen LogP contribution in [0.15, 0.2) is 27.6 Å². The van der Waals surface area contributed by atoms with E-state index in [4.69, 9.17) is 9.63 Å². The summed E-state index contributed by atoms with van der Waals surface area (Å²) in [4.78, 5) is 10.6. The summed E-state index contributed by atoms with van der Waals surface area (Å²) in [7, 11) is -3.94. The number of carbonyl (C=O) groups is 1. The summed E-state index contributed by atoms with van der Waals surface area (Å²) in [5.74, 6) is -2.33. The number of rotatable bonds is 4. The lowest BCUT2D eigenvalue weighted by Crippen LogP contribution is -2.10. The van der Waals surface area contributed by atoms with Crippen molar-refractivity contribution in [2.75, 3.05) is 0 Å². The largest absolute Gasteiger partial charge is 0.478 e. The van der Waals surface area contributed by atoms with Gasteiger partial charge in [-0.25, -0.2) is 17.6 Å². The van der Waals surface area contributed by atoms with Crippen LogP contribution in [-0.4, -0.2) is 24.7 Å². The van der Waals surface area contributed by atoms with E-state index in [1.807, 2.05) is 0 Å². The zero-order valence-corrected chi connectivity index (χ0v) is 12.1. The maximum atomic E-state index is 13.7. The zero-order chi connectivity index (χ0) is 15.8. The van der Waals surface area contributed by atoms with Gasteiger partial charge in [0.1, 0.15) is 17.3 Å². The van der Waals surface area contributed by atoms with Crippen LogP contribution in [0.1, 0.15) is 27.4 Å². The minimum atomic E-state index is -3.94. The van der Waals surface area contributed by atoms with Crippen molar-refractivity contribution in [1.82, 2.24) is 5.16 Å². The van der Waals surface area contributed by atoms with Gasteiger partial charge in [-0.05, 0) is 26.0 Å². The molecule has 8 heteroatoms. The Morgan fingerprint density at radius 1 is 1.33 bits per heavy atom. The van der Waals surface area contributed by atoms with Crippen LogP contribution in [0.4, 0.5) is 4.39 Å². The van der Waals surface area contributed by atoms with Crippen molar-refractivity contribution >= 4 is 15.8 Å². The normalized spacial score (nSPS) is 11.6. The molecule has 0 radical (unpaired) electrons. The van der Waals surface area contributed by atoms with E-state index in [-0.39, 0.29) is 16.2 Å². The molecule has 0 aliphatic rings. The molecule has 0 bridgehead atoms. The summed E-state index contributed by atoms with van der Waals surface area (Å²) in [5, 5.41) is 12.5. The summed E-state index contributed by atoms with van der Waals surface area (Å²) < 4.78 is 43.1. The van der Waals surface area contributed by atoms with Crippen molar-refractivity contribution in [3.8, 4) is 0 Å². The number of carboxylic acids is 1. The van der Waals surface area contributed by atoms with E-state index in [2.05, 4.69) is 5.16 Å². The van der Waals surface area contributed by atoms with Gasteiger partial charge in [0.15, 0.2) is 9.84 Å². The Kier molecular flexibility index (Phi) is 3.82. The predicted octanol–water partition coefficient (Wildman–Crippen LogP) is 2.10. The smallest absolute Gasteiger partial charge is 0.335 e. The Labute approximate surface area is 120 Å². The fourth-order valence-electron chi connectivity index (χ4n) is 1.86. The first kappa shape index (κ1) is 15.2. The van der Waals surface area contributed by atoms with Gasteiger partial charge in [-0.1, -0.05) is 5.16 Å². The number of carboxylic acid groups (broad SMARTS) is 1. The predicted molar refractivity (Wildman–Crippen MR) is 70.2 cm³/mol. The minimum absolute atomic E-state index is 0.125. The van der Waals surface area contributed by atoms with Crippen LogP contribution >= 0.6 is 0 Å². The average molecular weight is 313 g/mol. The van der Waals surface area contributed by atoms with Crippen molar-refractivity contribution in [2.45, 2.75) is 24.5 Å². The van der Waals surface area contributed by atoms with Gasteiger partial charge in [0.25, 0.3) is 0 Å². The topological polar surface area (TPSA) is 97.5 Å². The highest BCUT2D eigenvalue weighted by Crippen LogP contribution is 2.24. The van der Waals surface area contributed by atoms with Gasteiger partial charge in [0.2, 0.25) is 0 Å². The van der Waals surface area contributed by atoms with Gasteiger partial charge in [-0.2, -0.15) is 0 Å². The number of sulfone groups is 1. The van der Waals surface area contributed by atoms with Gasteiger partial charge in [0, 0.05) is 11.6 Å². The molecule has 112 valence electrons. The van der Waals surface area contributed by atoms with Crippen molar-refractivity contribution in [1.29, 1.82) is 0 Å². The molecule has 0 aliphatic carbocycles. The molecule has 0 aliphatic heterocycles. The highest BCUT2D eigenvalue weighted by Gasteiger charge is 2.23. The van der Waals surface area contributed by atoms with Crippen LogP contribution in [0.5, 0.6) is 0 Å². The number of hydrogen-bond acceptors (Lipinski definition) is 5. The molecule has 21 heavy (non-hydrogen) atoms.